The summed E-state index contributed by atoms with van der Waals surface area (Å²) in [5.41, 5.74) is 1.92. The first kappa shape index (κ1) is 21.5. The standard InChI is InChI=1S/C24H28N6O2/c1-29(18-6-3-7-19(16-18)32-2)15-11-24(31)30-14-5-9-21(30)20-8-4-10-22(27-20)28-23-17-25-12-13-26-23/h3-4,6-8,10,12-13,16-17,21H,5,9,11,14-15H2,1-2H3,(H,26,27,28)/t21-/m0/s1. The van der Waals surface area contributed by atoms with Crippen LogP contribution >= 0.6 is 0 Å². The van der Waals surface area contributed by atoms with Gasteiger partial charge in [0.05, 0.1) is 25.0 Å². The van der Waals surface area contributed by atoms with Crippen LogP contribution in [0.25, 0.3) is 0 Å². The van der Waals surface area contributed by atoms with Crippen molar-refractivity contribution in [1.29, 1.82) is 0 Å². The van der Waals surface area contributed by atoms with E-state index in [0.717, 1.165) is 36.5 Å². The van der Waals surface area contributed by atoms with E-state index in [4.69, 9.17) is 9.72 Å². The number of carbonyl (C=O) groups excluding carboxylic acids is 1. The Morgan fingerprint density at radius 3 is 2.91 bits per heavy atom. The van der Waals surface area contributed by atoms with Gasteiger partial charge in [0, 0.05) is 50.7 Å². The van der Waals surface area contributed by atoms with Crippen LogP contribution in [0, 0.1) is 0 Å². The smallest absolute Gasteiger partial charge is 0.224 e. The van der Waals surface area contributed by atoms with Crippen molar-refractivity contribution >= 4 is 23.2 Å². The number of nitrogens with zero attached hydrogens (tertiary/aromatic N) is 5. The van der Waals surface area contributed by atoms with Crippen molar-refractivity contribution in [2.45, 2.75) is 25.3 Å². The number of methoxy groups -OCH3 is 1. The zero-order valence-corrected chi connectivity index (χ0v) is 18.4. The van der Waals surface area contributed by atoms with E-state index in [1.165, 1.54) is 0 Å². The van der Waals surface area contributed by atoms with E-state index in [1.54, 1.807) is 25.7 Å². The number of rotatable bonds is 8. The minimum absolute atomic E-state index is 0.00627. The molecule has 1 fully saturated rings. The highest BCUT2D eigenvalue weighted by Gasteiger charge is 2.30. The van der Waals surface area contributed by atoms with Crippen LogP contribution in [-0.4, -0.2) is 53.0 Å². The number of benzene rings is 1. The first-order chi connectivity index (χ1) is 15.6. The molecule has 0 aliphatic carbocycles. The van der Waals surface area contributed by atoms with E-state index in [-0.39, 0.29) is 11.9 Å². The lowest BCUT2D eigenvalue weighted by atomic mass is 10.1. The van der Waals surface area contributed by atoms with Gasteiger partial charge in [-0.1, -0.05) is 12.1 Å². The van der Waals surface area contributed by atoms with Crippen LogP contribution in [0.3, 0.4) is 0 Å². The number of ether oxygens (including phenoxy) is 1. The first-order valence-electron chi connectivity index (χ1n) is 10.8. The topological polar surface area (TPSA) is 83.5 Å². The lowest BCUT2D eigenvalue weighted by Gasteiger charge is -2.26. The minimum atomic E-state index is -0.00627. The molecule has 2 aromatic heterocycles. The molecule has 8 heteroatoms. The van der Waals surface area contributed by atoms with Crippen molar-refractivity contribution in [2.75, 3.05) is 37.5 Å². The van der Waals surface area contributed by atoms with Crippen molar-refractivity contribution in [3.63, 3.8) is 0 Å². The zero-order valence-electron chi connectivity index (χ0n) is 18.4. The summed E-state index contributed by atoms with van der Waals surface area (Å²) in [6.45, 7) is 1.40. The minimum Gasteiger partial charge on any atom is -0.497 e. The van der Waals surface area contributed by atoms with Gasteiger partial charge in [-0.3, -0.25) is 9.78 Å². The second-order valence-corrected chi connectivity index (χ2v) is 7.78. The van der Waals surface area contributed by atoms with Crippen LogP contribution in [0.15, 0.2) is 61.1 Å². The van der Waals surface area contributed by atoms with Gasteiger partial charge in [0.25, 0.3) is 0 Å². The Balaban J connectivity index is 1.39. The Hall–Kier alpha value is -3.68. The van der Waals surface area contributed by atoms with E-state index in [1.807, 2.05) is 54.4 Å². The molecule has 1 aromatic carbocycles. The third kappa shape index (κ3) is 5.14. The zero-order chi connectivity index (χ0) is 22.3. The van der Waals surface area contributed by atoms with Crippen molar-refractivity contribution < 1.29 is 9.53 Å². The van der Waals surface area contributed by atoms with E-state index in [9.17, 15) is 4.79 Å². The number of hydrogen-bond donors (Lipinski definition) is 1. The van der Waals surface area contributed by atoms with Crippen molar-refractivity contribution in [3.05, 3.63) is 66.7 Å². The van der Waals surface area contributed by atoms with Crippen LogP contribution in [-0.2, 0) is 4.79 Å². The van der Waals surface area contributed by atoms with Crippen molar-refractivity contribution in [1.82, 2.24) is 19.9 Å². The molecule has 4 rings (SSSR count). The maximum atomic E-state index is 13.1. The van der Waals surface area contributed by atoms with Crippen LogP contribution < -0.4 is 15.0 Å². The molecular weight excluding hydrogens is 404 g/mol. The molecule has 8 nitrogen and oxygen atoms in total. The molecule has 166 valence electrons. The molecule has 1 aliphatic heterocycles. The number of aromatic nitrogens is 3. The summed E-state index contributed by atoms with van der Waals surface area (Å²) in [6, 6.07) is 13.7. The van der Waals surface area contributed by atoms with Crippen LogP contribution in [0.1, 0.15) is 31.0 Å². The van der Waals surface area contributed by atoms with Gasteiger partial charge < -0.3 is 19.9 Å². The van der Waals surface area contributed by atoms with E-state index >= 15 is 0 Å². The molecule has 0 saturated carbocycles. The quantitative estimate of drug-likeness (QED) is 0.579. The first-order valence-corrected chi connectivity index (χ1v) is 10.8. The number of pyridine rings is 1. The van der Waals surface area contributed by atoms with Gasteiger partial charge >= 0.3 is 0 Å². The summed E-state index contributed by atoms with van der Waals surface area (Å²) >= 11 is 0. The van der Waals surface area contributed by atoms with E-state index in [2.05, 4.69) is 20.2 Å². The second kappa shape index (κ2) is 10.1. The fourth-order valence-electron chi connectivity index (χ4n) is 3.96. The molecule has 1 amide bonds. The molecule has 0 unspecified atom stereocenters. The van der Waals surface area contributed by atoms with Gasteiger partial charge in [0.15, 0.2) is 0 Å². The number of likely N-dealkylation sites (tertiary alicyclic amines) is 1. The number of hydrogen-bond acceptors (Lipinski definition) is 7. The predicted octanol–water partition coefficient (Wildman–Crippen LogP) is 3.81. The average molecular weight is 433 g/mol. The van der Waals surface area contributed by atoms with Gasteiger partial charge in [-0.05, 0) is 37.1 Å². The van der Waals surface area contributed by atoms with Gasteiger partial charge in [0.2, 0.25) is 5.91 Å². The van der Waals surface area contributed by atoms with Gasteiger partial charge in [-0.15, -0.1) is 0 Å². The Morgan fingerprint density at radius 2 is 2.09 bits per heavy atom. The summed E-state index contributed by atoms with van der Waals surface area (Å²) in [7, 11) is 3.65. The summed E-state index contributed by atoms with van der Waals surface area (Å²) < 4.78 is 5.30. The van der Waals surface area contributed by atoms with Gasteiger partial charge in [-0.25, -0.2) is 9.97 Å². The number of carbonyl (C=O) groups is 1. The monoisotopic (exact) mass is 432 g/mol. The molecular formula is C24H28N6O2. The van der Waals surface area contributed by atoms with Gasteiger partial charge in [0.1, 0.15) is 17.4 Å². The highest BCUT2D eigenvalue weighted by molar-refractivity contribution is 5.77. The Bertz CT molecular complexity index is 1050. The summed E-state index contributed by atoms with van der Waals surface area (Å²) in [5.74, 6) is 2.29. The Labute approximate surface area is 188 Å². The Morgan fingerprint density at radius 1 is 1.22 bits per heavy atom. The maximum Gasteiger partial charge on any atom is 0.224 e. The van der Waals surface area contributed by atoms with Gasteiger partial charge in [-0.2, -0.15) is 0 Å². The molecule has 3 heterocycles. The number of nitrogens with one attached hydrogen (secondary N) is 1. The number of amides is 1. The third-order valence-corrected chi connectivity index (χ3v) is 5.66. The summed E-state index contributed by atoms with van der Waals surface area (Å²) in [4.78, 5) is 30.2. The number of anilines is 3. The lowest BCUT2D eigenvalue weighted by Crippen LogP contribution is -2.33. The largest absolute Gasteiger partial charge is 0.497 e. The van der Waals surface area contributed by atoms with E-state index in [0.29, 0.717) is 24.6 Å². The van der Waals surface area contributed by atoms with Crippen molar-refractivity contribution in [2.24, 2.45) is 0 Å². The molecule has 32 heavy (non-hydrogen) atoms. The van der Waals surface area contributed by atoms with Crippen LogP contribution in [0.2, 0.25) is 0 Å². The highest BCUT2D eigenvalue weighted by atomic mass is 16.5. The second-order valence-electron chi connectivity index (χ2n) is 7.78. The third-order valence-electron chi connectivity index (χ3n) is 5.66. The molecule has 0 bridgehead atoms. The van der Waals surface area contributed by atoms with Crippen molar-refractivity contribution in [3.8, 4) is 5.75 Å². The molecule has 3 aromatic rings. The maximum absolute atomic E-state index is 13.1. The molecule has 1 atom stereocenters. The fraction of sp³-hybridized carbons (Fsp3) is 0.333. The molecule has 1 aliphatic rings. The SMILES string of the molecule is COc1cccc(N(C)CCC(=O)N2CCC[C@H]2c2cccc(Nc3cnccn3)n2)c1. The molecule has 1 saturated heterocycles. The summed E-state index contributed by atoms with van der Waals surface area (Å²) in [5, 5.41) is 3.17. The van der Waals surface area contributed by atoms with Crippen LogP contribution in [0.5, 0.6) is 5.75 Å². The predicted molar refractivity (Wildman–Crippen MR) is 124 cm³/mol. The molecule has 1 N–H and O–H groups in total. The fourth-order valence-corrected chi connectivity index (χ4v) is 3.96. The molecule has 0 radical (unpaired) electrons. The molecule has 0 spiro atoms. The lowest BCUT2D eigenvalue weighted by molar-refractivity contribution is -0.132. The van der Waals surface area contributed by atoms with E-state index < -0.39 is 0 Å². The average Bonchev–Trinajstić information content (AvgIpc) is 3.33. The van der Waals surface area contributed by atoms with Crippen LogP contribution in [0.4, 0.5) is 17.3 Å². The summed E-state index contributed by atoms with van der Waals surface area (Å²) in [6.07, 6.45) is 7.25. The normalized spacial score (nSPS) is 15.4. The highest BCUT2D eigenvalue weighted by Crippen LogP contribution is 2.32. The Kier molecular flexibility index (Phi) is 6.79.